The highest BCUT2D eigenvalue weighted by Crippen LogP contribution is 2.53. The normalized spacial score (nSPS) is 30.6. The summed E-state index contributed by atoms with van der Waals surface area (Å²) in [5.74, 6) is 1.02. The van der Waals surface area contributed by atoms with Gasteiger partial charge in [0.25, 0.3) is 0 Å². The van der Waals surface area contributed by atoms with Crippen LogP contribution in [0.15, 0.2) is 36.7 Å². The van der Waals surface area contributed by atoms with Crippen LogP contribution in [0.1, 0.15) is 50.2 Å². The standard InChI is InChI=1S/C26H36N4O3/c1-19-4-7-22(31)16-23(19)25-8-13-28(24(32)18-30-12-3-11-27-30)15-10-26(25,33)20(2)29(14-9-25)17-21-5-6-21/h3-4,7,11-12,16,20-21,31,33H,5-6,8-10,13-15,17-18H2,1-2H3. The summed E-state index contributed by atoms with van der Waals surface area (Å²) >= 11 is 0. The lowest BCUT2D eigenvalue weighted by molar-refractivity contribution is -0.137. The number of phenolic OH excluding ortho intramolecular Hbond substituents is 1. The van der Waals surface area contributed by atoms with Crippen molar-refractivity contribution in [2.75, 3.05) is 26.2 Å². The zero-order chi connectivity index (χ0) is 23.2. The molecule has 3 unspecified atom stereocenters. The lowest BCUT2D eigenvalue weighted by atomic mass is 9.57. The summed E-state index contributed by atoms with van der Waals surface area (Å²) in [6.07, 6.45) is 8.09. The fraction of sp³-hybridized carbons (Fsp3) is 0.615. The Morgan fingerprint density at radius 1 is 1.18 bits per heavy atom. The third kappa shape index (κ3) is 3.95. The van der Waals surface area contributed by atoms with Crippen LogP contribution >= 0.6 is 0 Å². The van der Waals surface area contributed by atoms with Crippen molar-refractivity contribution in [3.05, 3.63) is 47.8 Å². The third-order valence-corrected chi connectivity index (χ3v) is 8.60. The molecule has 7 nitrogen and oxygen atoms in total. The maximum Gasteiger partial charge on any atom is 0.244 e. The molecular formula is C26H36N4O3. The van der Waals surface area contributed by atoms with Gasteiger partial charge in [0.2, 0.25) is 5.91 Å². The number of fused-ring (bicyclic) bond motifs is 1. The number of phenols is 1. The molecule has 7 heteroatoms. The van der Waals surface area contributed by atoms with Gasteiger partial charge < -0.3 is 15.1 Å². The molecule has 2 N–H and O–H groups in total. The van der Waals surface area contributed by atoms with Gasteiger partial charge >= 0.3 is 0 Å². The van der Waals surface area contributed by atoms with Crippen LogP contribution < -0.4 is 0 Å². The second kappa shape index (κ2) is 8.44. The average Bonchev–Trinajstić information content (AvgIpc) is 3.50. The van der Waals surface area contributed by atoms with Gasteiger partial charge in [0, 0.05) is 43.5 Å². The van der Waals surface area contributed by atoms with Gasteiger partial charge in [0.15, 0.2) is 0 Å². The van der Waals surface area contributed by atoms with Gasteiger partial charge in [0.1, 0.15) is 12.3 Å². The molecule has 2 saturated heterocycles. The molecule has 5 rings (SSSR count). The second-order valence-corrected chi connectivity index (χ2v) is 10.5. The van der Waals surface area contributed by atoms with E-state index in [1.54, 1.807) is 23.1 Å². The maximum absolute atomic E-state index is 13.1. The summed E-state index contributed by atoms with van der Waals surface area (Å²) in [4.78, 5) is 17.5. The number of aryl methyl sites for hydroxylation is 1. The van der Waals surface area contributed by atoms with Crippen LogP contribution in [0.5, 0.6) is 5.75 Å². The first-order valence-electron chi connectivity index (χ1n) is 12.3. The topological polar surface area (TPSA) is 81.8 Å². The number of likely N-dealkylation sites (tertiary alicyclic amines) is 2. The fourth-order valence-corrected chi connectivity index (χ4v) is 6.37. The fourth-order valence-electron chi connectivity index (χ4n) is 6.37. The molecule has 1 saturated carbocycles. The van der Waals surface area contributed by atoms with Gasteiger partial charge in [-0.15, -0.1) is 0 Å². The number of amides is 1. The number of aromatic hydroxyl groups is 1. The van der Waals surface area contributed by atoms with Crippen molar-refractivity contribution < 1.29 is 15.0 Å². The Labute approximate surface area is 196 Å². The Bertz CT molecular complexity index is 1000. The molecule has 0 radical (unpaired) electrons. The minimum atomic E-state index is -0.987. The second-order valence-electron chi connectivity index (χ2n) is 10.5. The van der Waals surface area contributed by atoms with Gasteiger partial charge in [-0.25, -0.2) is 0 Å². The average molecular weight is 453 g/mol. The van der Waals surface area contributed by atoms with Crippen molar-refractivity contribution in [3.63, 3.8) is 0 Å². The zero-order valence-electron chi connectivity index (χ0n) is 19.8. The zero-order valence-corrected chi connectivity index (χ0v) is 19.8. The summed E-state index contributed by atoms with van der Waals surface area (Å²) in [6, 6.07) is 7.33. The number of rotatable bonds is 5. The van der Waals surface area contributed by atoms with Gasteiger partial charge in [-0.05, 0) is 87.7 Å². The van der Waals surface area contributed by atoms with E-state index in [1.165, 1.54) is 12.8 Å². The van der Waals surface area contributed by atoms with Crippen molar-refractivity contribution in [3.8, 4) is 5.75 Å². The number of aliphatic hydroxyl groups is 1. The van der Waals surface area contributed by atoms with Gasteiger partial charge in [-0.2, -0.15) is 5.10 Å². The highest BCUT2D eigenvalue weighted by molar-refractivity contribution is 5.76. The summed E-state index contributed by atoms with van der Waals surface area (Å²) in [7, 11) is 0. The lowest BCUT2D eigenvalue weighted by Gasteiger charge is -2.57. The number of hydrogen-bond donors (Lipinski definition) is 2. The molecule has 178 valence electrons. The van der Waals surface area contributed by atoms with Crippen LogP contribution in [-0.2, 0) is 16.8 Å². The van der Waals surface area contributed by atoms with Crippen molar-refractivity contribution in [1.29, 1.82) is 0 Å². The molecule has 1 amide bonds. The molecule has 3 aliphatic rings. The minimum Gasteiger partial charge on any atom is -0.508 e. The van der Waals surface area contributed by atoms with Crippen LogP contribution in [0.3, 0.4) is 0 Å². The number of carbonyl (C=O) groups is 1. The van der Waals surface area contributed by atoms with Crippen molar-refractivity contribution in [1.82, 2.24) is 19.6 Å². The van der Waals surface area contributed by atoms with E-state index in [1.807, 2.05) is 23.1 Å². The Hall–Kier alpha value is -2.38. The molecule has 1 aliphatic carbocycles. The Kier molecular flexibility index (Phi) is 5.73. The lowest BCUT2D eigenvalue weighted by Crippen LogP contribution is -2.68. The van der Waals surface area contributed by atoms with E-state index >= 15 is 0 Å². The smallest absolute Gasteiger partial charge is 0.244 e. The number of hydrogen-bond acceptors (Lipinski definition) is 5. The SMILES string of the molecule is Cc1ccc(O)cc1C12CCN(C(=O)Cn3cccn3)CCC1(O)C(C)N(CC1CC1)CC2. The molecular weight excluding hydrogens is 416 g/mol. The number of carbonyl (C=O) groups excluding carboxylic acids is 1. The van der Waals surface area contributed by atoms with Crippen molar-refractivity contribution in [2.45, 2.75) is 69.6 Å². The summed E-state index contributed by atoms with van der Waals surface area (Å²) in [6.45, 7) is 7.53. The van der Waals surface area contributed by atoms with Gasteiger partial charge in [-0.3, -0.25) is 14.4 Å². The van der Waals surface area contributed by atoms with E-state index in [2.05, 4.69) is 23.8 Å². The first-order valence-corrected chi connectivity index (χ1v) is 12.3. The Balaban J connectivity index is 1.49. The van der Waals surface area contributed by atoms with E-state index in [4.69, 9.17) is 0 Å². The minimum absolute atomic E-state index is 0.0187. The van der Waals surface area contributed by atoms with E-state index in [0.717, 1.165) is 36.6 Å². The summed E-state index contributed by atoms with van der Waals surface area (Å²) in [5, 5.41) is 27.1. The largest absolute Gasteiger partial charge is 0.508 e. The third-order valence-electron chi connectivity index (χ3n) is 8.60. The number of benzene rings is 1. The van der Waals surface area contributed by atoms with E-state index < -0.39 is 11.0 Å². The molecule has 3 fully saturated rings. The molecule has 0 spiro atoms. The molecule has 1 aromatic carbocycles. The van der Waals surface area contributed by atoms with E-state index in [0.29, 0.717) is 25.9 Å². The predicted octanol–water partition coefficient (Wildman–Crippen LogP) is 2.69. The van der Waals surface area contributed by atoms with Gasteiger partial charge in [-0.1, -0.05) is 6.07 Å². The summed E-state index contributed by atoms with van der Waals surface area (Å²) < 4.78 is 1.66. The molecule has 2 aliphatic heterocycles. The quantitative estimate of drug-likeness (QED) is 0.729. The van der Waals surface area contributed by atoms with Crippen LogP contribution in [-0.4, -0.2) is 73.5 Å². The highest BCUT2D eigenvalue weighted by Gasteiger charge is 2.59. The molecule has 0 bridgehead atoms. The van der Waals surface area contributed by atoms with Crippen LogP contribution in [0.25, 0.3) is 0 Å². The van der Waals surface area contributed by atoms with Crippen molar-refractivity contribution >= 4 is 5.91 Å². The first-order chi connectivity index (χ1) is 15.8. The molecule has 33 heavy (non-hydrogen) atoms. The monoisotopic (exact) mass is 452 g/mol. The van der Waals surface area contributed by atoms with Gasteiger partial charge in [0.05, 0.1) is 5.60 Å². The van der Waals surface area contributed by atoms with Crippen molar-refractivity contribution in [2.24, 2.45) is 5.92 Å². The van der Waals surface area contributed by atoms with E-state index in [-0.39, 0.29) is 24.2 Å². The van der Waals surface area contributed by atoms with Crippen LogP contribution in [0.4, 0.5) is 0 Å². The van der Waals surface area contributed by atoms with Crippen LogP contribution in [0.2, 0.25) is 0 Å². The maximum atomic E-state index is 13.1. The number of nitrogens with zero attached hydrogens (tertiary/aromatic N) is 4. The number of piperidine rings is 1. The molecule has 1 aromatic heterocycles. The molecule has 2 aromatic rings. The number of aromatic nitrogens is 2. The summed E-state index contributed by atoms with van der Waals surface area (Å²) in [5.41, 5.74) is 0.629. The first kappa shape index (κ1) is 22.4. The highest BCUT2D eigenvalue weighted by atomic mass is 16.3. The van der Waals surface area contributed by atoms with Crippen LogP contribution in [0, 0.1) is 12.8 Å². The molecule has 3 atom stereocenters. The van der Waals surface area contributed by atoms with E-state index in [9.17, 15) is 15.0 Å². The Morgan fingerprint density at radius 3 is 2.67 bits per heavy atom. The molecule has 3 heterocycles. The Morgan fingerprint density at radius 2 is 1.94 bits per heavy atom. The predicted molar refractivity (Wildman–Crippen MR) is 126 cm³/mol.